The van der Waals surface area contributed by atoms with Gasteiger partial charge in [0.1, 0.15) is 11.6 Å². The van der Waals surface area contributed by atoms with E-state index >= 15 is 0 Å². The van der Waals surface area contributed by atoms with Crippen molar-refractivity contribution in [2.24, 2.45) is 0 Å². The number of carbonyl (C=O) groups excluding carboxylic acids is 1. The maximum absolute atomic E-state index is 12.7. The first-order valence-electron chi connectivity index (χ1n) is 6.30. The Kier molecular flexibility index (Phi) is 4.35. The van der Waals surface area contributed by atoms with Crippen molar-refractivity contribution in [3.63, 3.8) is 0 Å². The van der Waals surface area contributed by atoms with Gasteiger partial charge in [0.05, 0.1) is 0 Å². The predicted molar refractivity (Wildman–Crippen MR) is 76.4 cm³/mol. The minimum atomic E-state index is -0.338. The summed E-state index contributed by atoms with van der Waals surface area (Å²) in [6.07, 6.45) is 0. The van der Waals surface area contributed by atoms with E-state index in [-0.39, 0.29) is 18.3 Å². The van der Waals surface area contributed by atoms with Crippen LogP contribution in [-0.2, 0) is 4.79 Å². The fourth-order valence-corrected chi connectivity index (χ4v) is 1.74. The Morgan fingerprint density at radius 2 is 1.85 bits per heavy atom. The fraction of sp³-hybridized carbons (Fsp3) is 0.188. The Hall–Kier alpha value is -2.36. The van der Waals surface area contributed by atoms with Crippen molar-refractivity contribution in [2.75, 3.05) is 11.9 Å². The molecule has 0 fully saturated rings. The van der Waals surface area contributed by atoms with Gasteiger partial charge in [-0.25, -0.2) is 4.39 Å². The van der Waals surface area contributed by atoms with E-state index in [4.69, 9.17) is 4.74 Å². The van der Waals surface area contributed by atoms with Crippen molar-refractivity contribution >= 4 is 11.6 Å². The summed E-state index contributed by atoms with van der Waals surface area (Å²) in [6, 6.07) is 11.4. The molecule has 0 radical (unpaired) electrons. The summed E-state index contributed by atoms with van der Waals surface area (Å²) in [5, 5.41) is 2.64. The van der Waals surface area contributed by atoms with E-state index in [0.29, 0.717) is 11.4 Å². The molecule has 0 saturated heterocycles. The Balaban J connectivity index is 1.92. The van der Waals surface area contributed by atoms with E-state index < -0.39 is 0 Å². The third kappa shape index (κ3) is 3.82. The third-order valence-electron chi connectivity index (χ3n) is 2.83. The molecule has 2 aromatic carbocycles. The van der Waals surface area contributed by atoms with Gasteiger partial charge in [-0.2, -0.15) is 0 Å². The Labute approximate surface area is 117 Å². The van der Waals surface area contributed by atoms with E-state index in [9.17, 15) is 9.18 Å². The second-order valence-electron chi connectivity index (χ2n) is 4.61. The van der Waals surface area contributed by atoms with E-state index in [1.54, 1.807) is 0 Å². The maximum atomic E-state index is 12.7. The highest BCUT2D eigenvalue weighted by molar-refractivity contribution is 5.91. The smallest absolute Gasteiger partial charge is 0.262 e. The molecule has 20 heavy (non-hydrogen) atoms. The number of benzene rings is 2. The zero-order chi connectivity index (χ0) is 14.5. The first-order chi connectivity index (χ1) is 9.54. The lowest BCUT2D eigenvalue weighted by Gasteiger charge is -2.10. The van der Waals surface area contributed by atoms with Crippen LogP contribution in [-0.4, -0.2) is 12.5 Å². The van der Waals surface area contributed by atoms with Crippen molar-refractivity contribution in [3.05, 3.63) is 59.4 Å². The van der Waals surface area contributed by atoms with Gasteiger partial charge in [-0.1, -0.05) is 12.1 Å². The second kappa shape index (κ2) is 6.19. The molecule has 0 bridgehead atoms. The quantitative estimate of drug-likeness (QED) is 0.926. The van der Waals surface area contributed by atoms with Gasteiger partial charge in [0.2, 0.25) is 0 Å². The standard InChI is InChI=1S/C16H16FNO2/c1-11-3-4-12(2)15(9-11)20-10-16(19)18-14-7-5-13(17)6-8-14/h3-9H,10H2,1-2H3,(H,18,19). The molecule has 0 aliphatic rings. The van der Waals surface area contributed by atoms with Crippen LogP contribution in [0.2, 0.25) is 0 Å². The number of nitrogens with one attached hydrogen (secondary N) is 1. The highest BCUT2D eigenvalue weighted by Gasteiger charge is 2.06. The van der Waals surface area contributed by atoms with Crippen molar-refractivity contribution < 1.29 is 13.9 Å². The molecule has 1 N–H and O–H groups in total. The molecule has 2 aromatic rings. The Morgan fingerprint density at radius 3 is 2.55 bits per heavy atom. The number of amides is 1. The van der Waals surface area contributed by atoms with Crippen LogP contribution in [0, 0.1) is 19.7 Å². The summed E-state index contributed by atoms with van der Waals surface area (Å²) in [5.41, 5.74) is 2.59. The molecular formula is C16H16FNO2. The Morgan fingerprint density at radius 1 is 1.15 bits per heavy atom. The fourth-order valence-electron chi connectivity index (χ4n) is 1.74. The lowest BCUT2D eigenvalue weighted by molar-refractivity contribution is -0.118. The van der Waals surface area contributed by atoms with Gasteiger partial charge in [-0.05, 0) is 55.3 Å². The molecule has 0 spiro atoms. The van der Waals surface area contributed by atoms with Crippen LogP contribution in [0.15, 0.2) is 42.5 Å². The number of rotatable bonds is 4. The normalized spacial score (nSPS) is 10.2. The van der Waals surface area contributed by atoms with Gasteiger partial charge in [-0.3, -0.25) is 4.79 Å². The largest absolute Gasteiger partial charge is 0.483 e. The molecule has 2 rings (SSSR count). The number of hydrogen-bond donors (Lipinski definition) is 1. The number of anilines is 1. The minimum absolute atomic E-state index is 0.0817. The van der Waals surface area contributed by atoms with Crippen LogP contribution in [0.1, 0.15) is 11.1 Å². The molecule has 4 heteroatoms. The van der Waals surface area contributed by atoms with Gasteiger partial charge < -0.3 is 10.1 Å². The maximum Gasteiger partial charge on any atom is 0.262 e. The summed E-state index contributed by atoms with van der Waals surface area (Å²) in [4.78, 5) is 11.7. The molecule has 0 aliphatic carbocycles. The Bertz CT molecular complexity index is 608. The van der Waals surface area contributed by atoms with Gasteiger partial charge in [-0.15, -0.1) is 0 Å². The summed E-state index contributed by atoms with van der Waals surface area (Å²) in [6.45, 7) is 3.80. The molecule has 3 nitrogen and oxygen atoms in total. The molecular weight excluding hydrogens is 257 g/mol. The first kappa shape index (κ1) is 14.1. The predicted octanol–water partition coefficient (Wildman–Crippen LogP) is 3.46. The minimum Gasteiger partial charge on any atom is -0.483 e. The zero-order valence-electron chi connectivity index (χ0n) is 11.4. The SMILES string of the molecule is Cc1ccc(C)c(OCC(=O)Nc2ccc(F)cc2)c1. The third-order valence-corrected chi connectivity index (χ3v) is 2.83. The summed E-state index contributed by atoms with van der Waals surface area (Å²) in [7, 11) is 0. The topological polar surface area (TPSA) is 38.3 Å². The monoisotopic (exact) mass is 273 g/mol. The van der Waals surface area contributed by atoms with Crippen LogP contribution in [0.25, 0.3) is 0 Å². The number of ether oxygens (including phenoxy) is 1. The molecule has 0 aliphatic heterocycles. The lowest BCUT2D eigenvalue weighted by Crippen LogP contribution is -2.20. The van der Waals surface area contributed by atoms with Crippen molar-refractivity contribution in [1.82, 2.24) is 0 Å². The molecule has 104 valence electrons. The first-order valence-corrected chi connectivity index (χ1v) is 6.30. The van der Waals surface area contributed by atoms with E-state index in [2.05, 4.69) is 5.32 Å². The van der Waals surface area contributed by atoms with Crippen LogP contribution in [0.5, 0.6) is 5.75 Å². The average Bonchev–Trinajstić information content (AvgIpc) is 2.42. The van der Waals surface area contributed by atoms with Crippen molar-refractivity contribution in [3.8, 4) is 5.75 Å². The number of hydrogen-bond acceptors (Lipinski definition) is 2. The molecule has 1 amide bonds. The van der Waals surface area contributed by atoms with Crippen LogP contribution in [0.4, 0.5) is 10.1 Å². The van der Waals surface area contributed by atoms with Crippen LogP contribution >= 0.6 is 0 Å². The van der Waals surface area contributed by atoms with Crippen LogP contribution in [0.3, 0.4) is 0 Å². The lowest BCUT2D eigenvalue weighted by atomic mass is 10.1. The number of halogens is 1. The van der Waals surface area contributed by atoms with Crippen LogP contribution < -0.4 is 10.1 Å². The van der Waals surface area contributed by atoms with Gasteiger partial charge in [0, 0.05) is 5.69 Å². The van der Waals surface area contributed by atoms with Gasteiger partial charge in [0.25, 0.3) is 5.91 Å². The van der Waals surface area contributed by atoms with Gasteiger partial charge in [0.15, 0.2) is 6.61 Å². The van der Waals surface area contributed by atoms with Crippen molar-refractivity contribution in [1.29, 1.82) is 0 Å². The van der Waals surface area contributed by atoms with E-state index in [1.807, 2.05) is 32.0 Å². The highest BCUT2D eigenvalue weighted by Crippen LogP contribution is 2.19. The average molecular weight is 273 g/mol. The number of aryl methyl sites for hydroxylation is 2. The molecule has 0 unspecified atom stereocenters. The summed E-state index contributed by atoms with van der Waals surface area (Å²) in [5.74, 6) is 0.0754. The molecule has 0 saturated carbocycles. The number of carbonyl (C=O) groups is 1. The van der Waals surface area contributed by atoms with E-state index in [1.165, 1.54) is 24.3 Å². The van der Waals surface area contributed by atoms with Crippen molar-refractivity contribution in [2.45, 2.75) is 13.8 Å². The summed E-state index contributed by atoms with van der Waals surface area (Å²) < 4.78 is 18.2. The zero-order valence-corrected chi connectivity index (χ0v) is 11.4. The second-order valence-corrected chi connectivity index (χ2v) is 4.61. The molecule has 0 aromatic heterocycles. The van der Waals surface area contributed by atoms with Gasteiger partial charge >= 0.3 is 0 Å². The highest BCUT2D eigenvalue weighted by atomic mass is 19.1. The van der Waals surface area contributed by atoms with E-state index in [0.717, 1.165) is 11.1 Å². The summed E-state index contributed by atoms with van der Waals surface area (Å²) >= 11 is 0. The molecule has 0 atom stereocenters. The molecule has 0 heterocycles.